The molecule has 0 radical (unpaired) electrons. The average Bonchev–Trinajstić information content (AvgIpc) is 3.13. The minimum absolute atomic E-state index is 0.675. The zero-order chi connectivity index (χ0) is 17.1. The first kappa shape index (κ1) is 16.0. The molecular formula is C18H19N5OS. The first-order valence-corrected chi connectivity index (χ1v) is 9.39. The number of aryl methyl sites for hydroxylation is 1. The van der Waals surface area contributed by atoms with E-state index in [2.05, 4.69) is 25.2 Å². The second kappa shape index (κ2) is 7.14. The molecule has 1 fully saturated rings. The van der Waals surface area contributed by atoms with Crippen LogP contribution in [0.5, 0.6) is 0 Å². The fourth-order valence-corrected chi connectivity index (χ4v) is 3.56. The summed E-state index contributed by atoms with van der Waals surface area (Å²) in [4.78, 5) is 15.5. The summed E-state index contributed by atoms with van der Waals surface area (Å²) in [5.41, 5.74) is 1.90. The zero-order valence-electron chi connectivity index (χ0n) is 14.0. The van der Waals surface area contributed by atoms with Crippen molar-refractivity contribution in [2.75, 3.05) is 34.8 Å². The van der Waals surface area contributed by atoms with E-state index in [1.54, 1.807) is 12.4 Å². The van der Waals surface area contributed by atoms with Gasteiger partial charge < -0.3 is 14.6 Å². The van der Waals surface area contributed by atoms with Crippen LogP contribution in [0.4, 0.5) is 17.7 Å². The Kier molecular flexibility index (Phi) is 4.56. The Morgan fingerprint density at radius 2 is 2.00 bits per heavy atom. The molecule has 1 aliphatic rings. The Labute approximate surface area is 150 Å². The highest BCUT2D eigenvalue weighted by molar-refractivity contribution is 7.99. The molecule has 0 atom stereocenters. The summed E-state index contributed by atoms with van der Waals surface area (Å²) in [5.74, 6) is 4.39. The molecule has 128 valence electrons. The third kappa shape index (κ3) is 3.76. The lowest BCUT2D eigenvalue weighted by Gasteiger charge is -2.24. The molecule has 1 aliphatic heterocycles. The van der Waals surface area contributed by atoms with Crippen LogP contribution in [0.15, 0.2) is 47.1 Å². The van der Waals surface area contributed by atoms with Gasteiger partial charge in [0.1, 0.15) is 17.3 Å². The predicted molar refractivity (Wildman–Crippen MR) is 102 cm³/mol. The maximum absolute atomic E-state index is 5.93. The summed E-state index contributed by atoms with van der Waals surface area (Å²) in [7, 11) is 0. The van der Waals surface area contributed by atoms with Crippen molar-refractivity contribution in [3.63, 3.8) is 0 Å². The quantitative estimate of drug-likeness (QED) is 0.766. The second-order valence-corrected chi connectivity index (χ2v) is 7.08. The standard InChI is InChI=1S/C18H19N5OS/c1-13-5-6-19-17(11-13)22-16-4-2-3-14(21-16)15-12-20-18(24-15)23-7-9-25-10-8-23/h2-6,11-12H,7-10H2,1H3,(H,19,21,22). The molecule has 0 saturated carbocycles. The molecule has 0 unspecified atom stereocenters. The number of thioether (sulfide) groups is 1. The molecular weight excluding hydrogens is 334 g/mol. The lowest BCUT2D eigenvalue weighted by molar-refractivity contribution is 0.550. The number of aromatic nitrogens is 3. The van der Waals surface area contributed by atoms with Gasteiger partial charge in [0.15, 0.2) is 5.76 Å². The molecule has 0 bridgehead atoms. The summed E-state index contributed by atoms with van der Waals surface area (Å²) in [5, 5.41) is 3.23. The molecule has 0 spiro atoms. The van der Waals surface area contributed by atoms with Gasteiger partial charge in [-0.15, -0.1) is 0 Å². The van der Waals surface area contributed by atoms with Crippen LogP contribution in [0, 0.1) is 6.92 Å². The number of hydrogen-bond acceptors (Lipinski definition) is 7. The van der Waals surface area contributed by atoms with E-state index in [-0.39, 0.29) is 0 Å². The van der Waals surface area contributed by atoms with Gasteiger partial charge in [0.2, 0.25) is 0 Å². The minimum Gasteiger partial charge on any atom is -0.422 e. The maximum atomic E-state index is 5.93. The van der Waals surface area contributed by atoms with Crippen molar-refractivity contribution in [3.8, 4) is 11.5 Å². The van der Waals surface area contributed by atoms with Gasteiger partial charge >= 0.3 is 0 Å². The van der Waals surface area contributed by atoms with Crippen molar-refractivity contribution >= 4 is 29.4 Å². The van der Waals surface area contributed by atoms with Crippen LogP contribution in [0.3, 0.4) is 0 Å². The number of nitrogens with one attached hydrogen (secondary N) is 1. The molecule has 0 aliphatic carbocycles. The number of rotatable bonds is 4. The second-order valence-electron chi connectivity index (χ2n) is 5.86. The highest BCUT2D eigenvalue weighted by Gasteiger charge is 2.17. The van der Waals surface area contributed by atoms with Gasteiger partial charge in [-0.3, -0.25) is 0 Å². The van der Waals surface area contributed by atoms with Crippen LogP contribution in [0.1, 0.15) is 5.56 Å². The molecule has 4 heterocycles. The van der Waals surface area contributed by atoms with Crippen LogP contribution < -0.4 is 10.2 Å². The van der Waals surface area contributed by atoms with Gasteiger partial charge in [0.05, 0.1) is 6.20 Å². The van der Waals surface area contributed by atoms with E-state index in [1.165, 1.54) is 0 Å². The van der Waals surface area contributed by atoms with Crippen molar-refractivity contribution in [1.82, 2.24) is 15.0 Å². The molecule has 1 saturated heterocycles. The van der Waals surface area contributed by atoms with Crippen LogP contribution in [-0.2, 0) is 0 Å². The molecule has 7 heteroatoms. The van der Waals surface area contributed by atoms with Crippen molar-refractivity contribution in [1.29, 1.82) is 0 Å². The topological polar surface area (TPSA) is 67.1 Å². The smallest absolute Gasteiger partial charge is 0.297 e. The third-order valence-corrected chi connectivity index (χ3v) is 4.89. The summed E-state index contributed by atoms with van der Waals surface area (Å²) in [6, 6.07) is 10.4. The molecule has 0 aromatic carbocycles. The van der Waals surface area contributed by atoms with Gasteiger partial charge in [0, 0.05) is 30.8 Å². The van der Waals surface area contributed by atoms with Crippen LogP contribution in [-0.4, -0.2) is 39.5 Å². The molecule has 6 nitrogen and oxygen atoms in total. The lowest BCUT2D eigenvalue weighted by Crippen LogP contribution is -2.32. The van der Waals surface area contributed by atoms with E-state index in [1.807, 2.05) is 49.0 Å². The summed E-state index contributed by atoms with van der Waals surface area (Å²) in [6.45, 7) is 3.98. The van der Waals surface area contributed by atoms with Gasteiger partial charge in [-0.2, -0.15) is 11.8 Å². The Hall–Kier alpha value is -2.54. The first-order valence-electron chi connectivity index (χ1n) is 8.23. The van der Waals surface area contributed by atoms with Gasteiger partial charge in [-0.25, -0.2) is 15.0 Å². The number of pyridine rings is 2. The largest absolute Gasteiger partial charge is 0.422 e. The van der Waals surface area contributed by atoms with Crippen LogP contribution in [0.25, 0.3) is 11.5 Å². The van der Waals surface area contributed by atoms with E-state index in [0.29, 0.717) is 11.8 Å². The zero-order valence-corrected chi connectivity index (χ0v) is 14.8. The monoisotopic (exact) mass is 353 g/mol. The fourth-order valence-electron chi connectivity index (χ4n) is 2.66. The highest BCUT2D eigenvalue weighted by atomic mass is 32.2. The Morgan fingerprint density at radius 3 is 2.84 bits per heavy atom. The first-order chi connectivity index (χ1) is 12.3. The van der Waals surface area contributed by atoms with E-state index in [9.17, 15) is 0 Å². The molecule has 1 N–H and O–H groups in total. The molecule has 25 heavy (non-hydrogen) atoms. The SMILES string of the molecule is Cc1ccnc(Nc2cccc(-c3cnc(N4CCSCC4)o3)n2)c1. The average molecular weight is 353 g/mol. The van der Waals surface area contributed by atoms with E-state index in [0.717, 1.165) is 47.5 Å². The fraction of sp³-hybridized carbons (Fsp3) is 0.278. The molecule has 3 aromatic rings. The van der Waals surface area contributed by atoms with E-state index in [4.69, 9.17) is 4.42 Å². The third-order valence-electron chi connectivity index (χ3n) is 3.95. The molecule has 4 rings (SSSR count). The van der Waals surface area contributed by atoms with Crippen molar-refractivity contribution in [2.24, 2.45) is 0 Å². The predicted octanol–water partition coefficient (Wildman–Crippen LogP) is 3.74. The van der Waals surface area contributed by atoms with Crippen molar-refractivity contribution < 1.29 is 4.42 Å². The molecule has 0 amide bonds. The van der Waals surface area contributed by atoms with Gasteiger partial charge in [-0.05, 0) is 36.8 Å². The van der Waals surface area contributed by atoms with Crippen LogP contribution >= 0.6 is 11.8 Å². The highest BCUT2D eigenvalue weighted by Crippen LogP contribution is 2.26. The lowest BCUT2D eigenvalue weighted by atomic mass is 10.3. The Balaban J connectivity index is 1.54. The maximum Gasteiger partial charge on any atom is 0.297 e. The Morgan fingerprint density at radius 1 is 1.12 bits per heavy atom. The molecule has 3 aromatic heterocycles. The van der Waals surface area contributed by atoms with E-state index < -0.39 is 0 Å². The number of nitrogens with zero attached hydrogens (tertiary/aromatic N) is 4. The van der Waals surface area contributed by atoms with Crippen molar-refractivity contribution in [3.05, 3.63) is 48.3 Å². The van der Waals surface area contributed by atoms with E-state index >= 15 is 0 Å². The number of anilines is 3. The Bertz CT molecular complexity index is 860. The number of hydrogen-bond donors (Lipinski definition) is 1. The van der Waals surface area contributed by atoms with Gasteiger partial charge in [0.25, 0.3) is 6.01 Å². The number of oxazole rings is 1. The minimum atomic E-state index is 0.675. The van der Waals surface area contributed by atoms with Crippen LogP contribution in [0.2, 0.25) is 0 Å². The van der Waals surface area contributed by atoms with Crippen molar-refractivity contribution in [2.45, 2.75) is 6.92 Å². The summed E-state index contributed by atoms with van der Waals surface area (Å²) >= 11 is 1.96. The normalized spacial score (nSPS) is 14.5. The van der Waals surface area contributed by atoms with Gasteiger partial charge in [-0.1, -0.05) is 6.07 Å². The summed E-state index contributed by atoms with van der Waals surface area (Å²) < 4.78 is 5.93. The summed E-state index contributed by atoms with van der Waals surface area (Å²) in [6.07, 6.45) is 3.52.